The summed E-state index contributed by atoms with van der Waals surface area (Å²) in [7, 11) is 0. The van der Waals surface area contributed by atoms with Crippen LogP contribution in [0.1, 0.15) is 0 Å². The topological polar surface area (TPSA) is 45.1 Å². The quantitative estimate of drug-likeness (QED) is 0.441. The first-order valence-corrected chi connectivity index (χ1v) is 3.42. The number of nitrogens with one attached hydrogen (secondary N) is 1. The molecule has 1 aromatic rings. The van der Waals surface area contributed by atoms with Crippen LogP contribution in [0.15, 0.2) is 18.3 Å². The van der Waals surface area contributed by atoms with Gasteiger partial charge in [0, 0.05) is 6.20 Å². The van der Waals surface area contributed by atoms with Crippen LogP contribution in [-0.4, -0.2) is 10.2 Å². The van der Waals surface area contributed by atoms with E-state index in [0.29, 0.717) is 5.69 Å². The first-order valence-electron chi connectivity index (χ1n) is 2.34. The van der Waals surface area contributed by atoms with Crippen molar-refractivity contribution < 1.29 is 5.21 Å². The van der Waals surface area contributed by atoms with Gasteiger partial charge < -0.3 is 0 Å². The molecular weight excluding hydrogens is 231 g/mol. The largest absolute Gasteiger partial charge is 0.291 e. The van der Waals surface area contributed by atoms with Gasteiger partial charge in [-0.3, -0.25) is 15.7 Å². The van der Waals surface area contributed by atoms with E-state index < -0.39 is 0 Å². The molecule has 0 aliphatic carbocycles. The summed E-state index contributed by atoms with van der Waals surface area (Å²) in [6.07, 6.45) is 1.63. The summed E-state index contributed by atoms with van der Waals surface area (Å²) in [6, 6.07) is 3.42. The maximum absolute atomic E-state index is 8.38. The van der Waals surface area contributed by atoms with Crippen molar-refractivity contribution in [1.29, 1.82) is 0 Å². The molecule has 3 nitrogen and oxygen atoms in total. The van der Waals surface area contributed by atoms with Gasteiger partial charge in [0.1, 0.15) is 3.70 Å². The van der Waals surface area contributed by atoms with Crippen LogP contribution in [0.5, 0.6) is 0 Å². The van der Waals surface area contributed by atoms with E-state index in [9.17, 15) is 0 Å². The summed E-state index contributed by atoms with van der Waals surface area (Å²) in [5.41, 5.74) is 2.68. The molecule has 0 fully saturated rings. The van der Waals surface area contributed by atoms with E-state index in [1.54, 1.807) is 18.3 Å². The Kier molecular flexibility index (Phi) is 2.23. The van der Waals surface area contributed by atoms with Crippen molar-refractivity contribution in [2.45, 2.75) is 0 Å². The summed E-state index contributed by atoms with van der Waals surface area (Å²) >= 11 is 2.07. The van der Waals surface area contributed by atoms with Gasteiger partial charge in [0.15, 0.2) is 0 Å². The summed E-state index contributed by atoms with van der Waals surface area (Å²) < 4.78 is 0.853. The monoisotopic (exact) mass is 236 g/mol. The SMILES string of the molecule is ONc1ccnc(I)c1. The molecule has 48 valence electrons. The Balaban J connectivity index is 2.94. The molecule has 1 aromatic heterocycles. The summed E-state index contributed by atoms with van der Waals surface area (Å²) in [5.74, 6) is 0. The van der Waals surface area contributed by atoms with Crippen molar-refractivity contribution in [3.05, 3.63) is 22.0 Å². The minimum Gasteiger partial charge on any atom is -0.291 e. The smallest absolute Gasteiger partial charge is 0.103 e. The van der Waals surface area contributed by atoms with E-state index in [-0.39, 0.29) is 0 Å². The lowest BCUT2D eigenvalue weighted by atomic mass is 10.4. The number of halogens is 1. The normalized spacial score (nSPS) is 9.11. The molecule has 0 unspecified atom stereocenters. The van der Waals surface area contributed by atoms with E-state index in [1.165, 1.54) is 0 Å². The molecule has 0 saturated carbocycles. The Bertz CT molecular complexity index is 204. The molecule has 0 amide bonds. The van der Waals surface area contributed by atoms with Crippen LogP contribution in [0.4, 0.5) is 5.69 Å². The molecule has 1 heterocycles. The van der Waals surface area contributed by atoms with Gasteiger partial charge in [0.25, 0.3) is 0 Å². The minimum absolute atomic E-state index is 0.661. The average molecular weight is 236 g/mol. The molecule has 1 rings (SSSR count). The van der Waals surface area contributed by atoms with E-state index in [1.807, 2.05) is 5.48 Å². The third kappa shape index (κ3) is 1.79. The zero-order valence-corrected chi connectivity index (χ0v) is 6.66. The Hall–Kier alpha value is -0.360. The molecule has 0 aliphatic heterocycles. The Labute approximate surface area is 66.2 Å². The van der Waals surface area contributed by atoms with Crippen molar-refractivity contribution in [1.82, 2.24) is 4.98 Å². The van der Waals surface area contributed by atoms with Crippen molar-refractivity contribution in [3.8, 4) is 0 Å². The molecule has 2 N–H and O–H groups in total. The van der Waals surface area contributed by atoms with E-state index in [0.717, 1.165) is 3.70 Å². The highest BCUT2D eigenvalue weighted by Crippen LogP contribution is 2.07. The lowest BCUT2D eigenvalue weighted by molar-refractivity contribution is 0.389. The first-order chi connectivity index (χ1) is 4.33. The molecule has 0 atom stereocenters. The summed E-state index contributed by atoms with van der Waals surface area (Å²) in [6.45, 7) is 0. The second kappa shape index (κ2) is 2.98. The lowest BCUT2D eigenvalue weighted by Crippen LogP contribution is -1.89. The van der Waals surface area contributed by atoms with Crippen LogP contribution >= 0.6 is 22.6 Å². The van der Waals surface area contributed by atoms with Crippen LogP contribution in [0, 0.1) is 3.70 Å². The standard InChI is InChI=1S/C5H5IN2O/c6-5-3-4(8-9)1-2-7-5/h1-3,9H,(H,7,8). The van der Waals surface area contributed by atoms with Gasteiger partial charge in [-0.25, -0.2) is 0 Å². The molecule has 0 saturated heterocycles. The number of anilines is 1. The summed E-state index contributed by atoms with van der Waals surface area (Å²) in [5, 5.41) is 8.38. The number of aromatic nitrogens is 1. The molecule has 0 radical (unpaired) electrons. The van der Waals surface area contributed by atoms with Crippen molar-refractivity contribution in [2.75, 3.05) is 5.48 Å². The molecule has 0 aromatic carbocycles. The van der Waals surface area contributed by atoms with Gasteiger partial charge in [-0.1, -0.05) is 0 Å². The zero-order chi connectivity index (χ0) is 6.69. The fourth-order valence-electron chi connectivity index (χ4n) is 0.472. The predicted octanol–water partition coefficient (Wildman–Crippen LogP) is 1.49. The average Bonchev–Trinajstić information content (AvgIpc) is 1.88. The molecule has 4 heteroatoms. The number of hydrogen-bond acceptors (Lipinski definition) is 3. The fraction of sp³-hybridized carbons (Fsp3) is 0. The van der Waals surface area contributed by atoms with Crippen LogP contribution < -0.4 is 5.48 Å². The van der Waals surface area contributed by atoms with Crippen molar-refractivity contribution >= 4 is 28.3 Å². The van der Waals surface area contributed by atoms with Gasteiger partial charge in [0.05, 0.1) is 5.69 Å². The third-order valence-electron chi connectivity index (χ3n) is 0.856. The highest BCUT2D eigenvalue weighted by Gasteiger charge is 1.88. The van der Waals surface area contributed by atoms with E-state index >= 15 is 0 Å². The summed E-state index contributed by atoms with van der Waals surface area (Å²) in [4.78, 5) is 3.92. The number of nitrogens with zero attached hydrogens (tertiary/aromatic N) is 1. The van der Waals surface area contributed by atoms with Crippen LogP contribution in [-0.2, 0) is 0 Å². The second-order valence-electron chi connectivity index (χ2n) is 1.48. The van der Waals surface area contributed by atoms with Gasteiger partial charge in [-0.05, 0) is 34.7 Å². The van der Waals surface area contributed by atoms with Crippen LogP contribution in [0.3, 0.4) is 0 Å². The molecule has 9 heavy (non-hydrogen) atoms. The van der Waals surface area contributed by atoms with Gasteiger partial charge in [-0.2, -0.15) is 0 Å². The molecule has 0 bridgehead atoms. The Morgan fingerprint density at radius 2 is 2.44 bits per heavy atom. The maximum Gasteiger partial charge on any atom is 0.103 e. The minimum atomic E-state index is 0.661. The Morgan fingerprint density at radius 1 is 1.67 bits per heavy atom. The van der Waals surface area contributed by atoms with E-state index in [2.05, 4.69) is 27.6 Å². The molecule has 0 spiro atoms. The fourth-order valence-corrected chi connectivity index (χ4v) is 0.968. The van der Waals surface area contributed by atoms with E-state index in [4.69, 9.17) is 5.21 Å². The number of pyridine rings is 1. The highest BCUT2D eigenvalue weighted by atomic mass is 127. The Morgan fingerprint density at radius 3 is 2.89 bits per heavy atom. The van der Waals surface area contributed by atoms with Crippen molar-refractivity contribution in [2.24, 2.45) is 0 Å². The number of hydrogen-bond donors (Lipinski definition) is 2. The zero-order valence-electron chi connectivity index (χ0n) is 4.50. The van der Waals surface area contributed by atoms with Gasteiger partial charge in [0.2, 0.25) is 0 Å². The molecule has 0 aliphatic rings. The number of rotatable bonds is 1. The molecular formula is C5H5IN2O. The third-order valence-corrected chi connectivity index (χ3v) is 1.45. The lowest BCUT2D eigenvalue weighted by Gasteiger charge is -1.95. The highest BCUT2D eigenvalue weighted by molar-refractivity contribution is 14.1. The van der Waals surface area contributed by atoms with Gasteiger partial charge >= 0.3 is 0 Å². The van der Waals surface area contributed by atoms with Crippen LogP contribution in [0.25, 0.3) is 0 Å². The second-order valence-corrected chi connectivity index (χ2v) is 2.58. The first kappa shape index (κ1) is 6.76. The van der Waals surface area contributed by atoms with Crippen molar-refractivity contribution in [3.63, 3.8) is 0 Å². The van der Waals surface area contributed by atoms with Gasteiger partial charge in [-0.15, -0.1) is 0 Å². The maximum atomic E-state index is 8.38. The predicted molar refractivity (Wildman–Crippen MR) is 42.4 cm³/mol. The van der Waals surface area contributed by atoms with Crippen LogP contribution in [0.2, 0.25) is 0 Å².